The Hall–Kier alpha value is -3.44. The zero-order valence-corrected chi connectivity index (χ0v) is 19.0. The van der Waals surface area contributed by atoms with Crippen molar-refractivity contribution in [3.05, 3.63) is 73.6 Å². The van der Waals surface area contributed by atoms with Crippen molar-refractivity contribution in [2.24, 2.45) is 4.99 Å². The number of nitrogens with one attached hydrogen (secondary N) is 2. The Balaban J connectivity index is 1.64. The van der Waals surface area contributed by atoms with Gasteiger partial charge >= 0.3 is 5.69 Å². The third-order valence-electron chi connectivity index (χ3n) is 5.25. The molecule has 0 bridgehead atoms. The molecule has 0 spiro atoms. The summed E-state index contributed by atoms with van der Waals surface area (Å²) in [5.74, 6) is -0.281. The van der Waals surface area contributed by atoms with Gasteiger partial charge in [-0.15, -0.1) is 0 Å². The van der Waals surface area contributed by atoms with E-state index < -0.39 is 15.5 Å². The summed E-state index contributed by atoms with van der Waals surface area (Å²) < 4.78 is 25.2. The molecule has 1 aliphatic rings. The van der Waals surface area contributed by atoms with Crippen LogP contribution in [0.3, 0.4) is 0 Å². The number of benzene rings is 1. The van der Waals surface area contributed by atoms with Gasteiger partial charge in [0.1, 0.15) is 5.69 Å². The van der Waals surface area contributed by atoms with Gasteiger partial charge in [0.15, 0.2) is 21.0 Å². The van der Waals surface area contributed by atoms with Crippen molar-refractivity contribution < 1.29 is 13.5 Å². The maximum atomic E-state index is 11.8. The molecule has 0 saturated heterocycles. The van der Waals surface area contributed by atoms with E-state index in [2.05, 4.69) is 15.1 Å². The van der Waals surface area contributed by atoms with Gasteiger partial charge in [0, 0.05) is 29.0 Å². The van der Waals surface area contributed by atoms with E-state index in [9.17, 15) is 18.3 Å². The Kier molecular flexibility index (Phi) is 5.09. The van der Waals surface area contributed by atoms with Crippen LogP contribution in [0.25, 0.3) is 11.7 Å². The largest absolute Gasteiger partial charge is 0.493 e. The number of halogens is 1. The number of H-pyrrole nitrogens is 2. The normalized spacial score (nSPS) is 15.6. The third kappa shape index (κ3) is 4.41. The average molecular weight is 487 g/mol. The number of imidazole rings is 1. The molecular weight excluding hydrogens is 468 g/mol. The topological polar surface area (TPSA) is 146 Å². The van der Waals surface area contributed by atoms with Gasteiger partial charge in [-0.1, -0.05) is 17.7 Å². The first-order valence-corrected chi connectivity index (χ1v) is 12.4. The molecule has 1 saturated carbocycles. The average Bonchev–Trinajstić information content (AvgIpc) is 3.37. The van der Waals surface area contributed by atoms with Gasteiger partial charge in [-0.25, -0.2) is 18.2 Å². The molecule has 0 unspecified atom stereocenters. The van der Waals surface area contributed by atoms with Crippen LogP contribution in [0, 0.1) is 0 Å². The molecule has 4 aromatic rings. The van der Waals surface area contributed by atoms with Crippen LogP contribution in [0.15, 0.2) is 45.1 Å². The van der Waals surface area contributed by atoms with Gasteiger partial charge in [-0.3, -0.25) is 9.98 Å². The van der Waals surface area contributed by atoms with Crippen LogP contribution >= 0.6 is 11.6 Å². The summed E-state index contributed by atoms with van der Waals surface area (Å²) in [5, 5.41) is 15.2. The number of rotatable bonds is 5. The molecule has 0 atom stereocenters. The van der Waals surface area contributed by atoms with Crippen LogP contribution in [0.5, 0.6) is 5.88 Å². The van der Waals surface area contributed by atoms with E-state index in [0.29, 0.717) is 33.5 Å². The van der Waals surface area contributed by atoms with Crippen molar-refractivity contribution >= 4 is 33.2 Å². The highest BCUT2D eigenvalue weighted by molar-refractivity contribution is 7.90. The molecule has 5 rings (SSSR count). The molecule has 10 nitrogen and oxygen atoms in total. The number of hydrogen-bond acceptors (Lipinski definition) is 7. The zero-order chi connectivity index (χ0) is 23.3. The number of fused-ring (bicyclic) bond motifs is 1. The fraction of sp³-hybridized carbons (Fsp3) is 0.238. The summed E-state index contributed by atoms with van der Waals surface area (Å²) >= 11 is 6.37. The molecule has 0 radical (unpaired) electrons. The van der Waals surface area contributed by atoms with Crippen LogP contribution < -0.4 is 16.4 Å². The van der Waals surface area contributed by atoms with Gasteiger partial charge in [0.05, 0.1) is 22.8 Å². The van der Waals surface area contributed by atoms with Crippen LogP contribution in [-0.4, -0.2) is 50.4 Å². The van der Waals surface area contributed by atoms with Gasteiger partial charge in [0.25, 0.3) is 0 Å². The first kappa shape index (κ1) is 21.4. The molecule has 3 aromatic heterocycles. The van der Waals surface area contributed by atoms with E-state index in [-0.39, 0.29) is 22.5 Å². The SMILES string of the molecule is CS(=O)(=O)c1ccc(Cc2cc(=NC3CC3)n3ncc(=Cc4[nH]c(=O)[nH]c4O)c3n2)c(Cl)c1. The summed E-state index contributed by atoms with van der Waals surface area (Å²) in [6.45, 7) is 0. The number of aromatic nitrogens is 5. The second-order valence-electron chi connectivity index (χ2n) is 7.99. The molecule has 0 aliphatic heterocycles. The summed E-state index contributed by atoms with van der Waals surface area (Å²) in [5.41, 5.74) is 2.20. The van der Waals surface area contributed by atoms with Crippen molar-refractivity contribution in [1.29, 1.82) is 0 Å². The summed E-state index contributed by atoms with van der Waals surface area (Å²) in [6, 6.07) is 6.70. The number of aromatic hydroxyl groups is 1. The lowest BCUT2D eigenvalue weighted by Crippen LogP contribution is -2.20. The molecule has 1 aromatic carbocycles. The van der Waals surface area contributed by atoms with Gasteiger partial charge in [-0.2, -0.15) is 9.61 Å². The lowest BCUT2D eigenvalue weighted by Gasteiger charge is -2.07. The minimum Gasteiger partial charge on any atom is -0.493 e. The maximum absolute atomic E-state index is 11.8. The first-order valence-electron chi connectivity index (χ1n) is 10.1. The zero-order valence-electron chi connectivity index (χ0n) is 17.4. The van der Waals surface area contributed by atoms with Gasteiger partial charge < -0.3 is 10.1 Å². The Morgan fingerprint density at radius 1 is 1.30 bits per heavy atom. The first-order chi connectivity index (χ1) is 15.7. The quantitative estimate of drug-likeness (QED) is 0.378. The van der Waals surface area contributed by atoms with Crippen molar-refractivity contribution in [1.82, 2.24) is 24.6 Å². The molecule has 1 fully saturated rings. The Bertz CT molecular complexity index is 1680. The molecule has 3 N–H and O–H groups in total. The van der Waals surface area contributed by atoms with Crippen LogP contribution in [0.4, 0.5) is 0 Å². The second kappa shape index (κ2) is 7.85. The molecule has 0 amide bonds. The molecule has 12 heteroatoms. The van der Waals surface area contributed by atoms with E-state index in [0.717, 1.165) is 24.7 Å². The van der Waals surface area contributed by atoms with Gasteiger partial charge in [-0.05, 0) is 36.6 Å². The lowest BCUT2D eigenvalue weighted by atomic mass is 10.1. The van der Waals surface area contributed by atoms with E-state index in [4.69, 9.17) is 21.6 Å². The van der Waals surface area contributed by atoms with Gasteiger partial charge in [0.2, 0.25) is 5.88 Å². The number of aromatic amines is 2. The minimum absolute atomic E-state index is 0.150. The fourth-order valence-electron chi connectivity index (χ4n) is 3.43. The standard InChI is InChI=1S/C21H19ClN6O4S/c1-33(31,32)15-5-2-11(16(22)9-15)6-14-8-18(24-13-3-4-13)28-19(25-14)12(10-23-28)7-17-20(29)27-21(30)26-17/h2,5,7-10,13,29H,3-4,6H2,1H3,(H2,26,27,30). The van der Waals surface area contributed by atoms with Crippen LogP contribution in [0.1, 0.15) is 29.8 Å². The van der Waals surface area contributed by atoms with Crippen molar-refractivity contribution in [2.45, 2.75) is 30.2 Å². The lowest BCUT2D eigenvalue weighted by molar-refractivity contribution is 0.454. The predicted molar refractivity (Wildman–Crippen MR) is 121 cm³/mol. The summed E-state index contributed by atoms with van der Waals surface area (Å²) in [6.07, 6.45) is 6.65. The second-order valence-corrected chi connectivity index (χ2v) is 10.4. The highest BCUT2D eigenvalue weighted by Crippen LogP contribution is 2.24. The third-order valence-corrected chi connectivity index (χ3v) is 6.72. The predicted octanol–water partition coefficient (Wildman–Crippen LogP) is 0.710. The minimum atomic E-state index is -3.37. The van der Waals surface area contributed by atoms with Crippen LogP contribution in [0.2, 0.25) is 5.02 Å². The van der Waals surface area contributed by atoms with Crippen molar-refractivity contribution in [3.63, 3.8) is 0 Å². The Morgan fingerprint density at radius 3 is 2.73 bits per heavy atom. The maximum Gasteiger partial charge on any atom is 0.326 e. The van der Waals surface area contributed by atoms with Crippen molar-refractivity contribution in [3.8, 4) is 5.88 Å². The molecule has 170 valence electrons. The highest BCUT2D eigenvalue weighted by atomic mass is 35.5. The molecule has 33 heavy (non-hydrogen) atoms. The molecule has 1 aliphatic carbocycles. The van der Waals surface area contributed by atoms with E-state index in [1.165, 1.54) is 12.1 Å². The Labute approximate surface area is 192 Å². The molecule has 3 heterocycles. The van der Waals surface area contributed by atoms with Crippen LogP contribution in [-0.2, 0) is 16.3 Å². The fourth-order valence-corrected chi connectivity index (χ4v) is 4.39. The summed E-state index contributed by atoms with van der Waals surface area (Å²) in [4.78, 5) is 25.8. The summed E-state index contributed by atoms with van der Waals surface area (Å²) in [7, 11) is -3.37. The number of hydrogen-bond donors (Lipinski definition) is 3. The highest BCUT2D eigenvalue weighted by Gasteiger charge is 2.20. The Morgan fingerprint density at radius 2 is 2.09 bits per heavy atom. The molecular formula is C21H19ClN6O4S. The number of sulfone groups is 1. The number of nitrogens with zero attached hydrogens (tertiary/aromatic N) is 4. The van der Waals surface area contributed by atoms with E-state index >= 15 is 0 Å². The van der Waals surface area contributed by atoms with E-state index in [1.807, 2.05) is 6.07 Å². The van der Waals surface area contributed by atoms with E-state index in [1.54, 1.807) is 22.9 Å². The smallest absolute Gasteiger partial charge is 0.326 e. The van der Waals surface area contributed by atoms with Crippen molar-refractivity contribution in [2.75, 3.05) is 6.26 Å². The monoisotopic (exact) mass is 486 g/mol.